The fourth-order valence-corrected chi connectivity index (χ4v) is 2.96. The van der Waals surface area contributed by atoms with Gasteiger partial charge >= 0.3 is 0 Å². The molecule has 2 rings (SSSR count). The van der Waals surface area contributed by atoms with Crippen molar-refractivity contribution in [2.24, 2.45) is 0 Å². The number of hydrogen-bond donors (Lipinski definition) is 2. The normalized spacial score (nSPS) is 10.8. The van der Waals surface area contributed by atoms with E-state index in [1.54, 1.807) is 24.3 Å². The monoisotopic (exact) mass is 348 g/mol. The van der Waals surface area contributed by atoms with Crippen molar-refractivity contribution < 1.29 is 13.2 Å². The molecule has 0 radical (unpaired) electrons. The van der Waals surface area contributed by atoms with Gasteiger partial charge in [0, 0.05) is 16.3 Å². The highest BCUT2D eigenvalue weighted by atomic mass is 35.5. The zero-order valence-electron chi connectivity index (χ0n) is 11.9. The molecule has 0 saturated heterocycles. The van der Waals surface area contributed by atoms with E-state index in [1.165, 1.54) is 24.3 Å². The van der Waals surface area contributed by atoms with Crippen molar-refractivity contribution >= 4 is 33.2 Å². The minimum absolute atomic E-state index is 0.0357. The molecule has 0 saturated carbocycles. The first-order chi connectivity index (χ1) is 10.9. The largest absolute Gasteiger partial charge is 0.322 e. The lowest BCUT2D eigenvalue weighted by Crippen LogP contribution is -2.24. The number of terminal acetylenes is 1. The average Bonchev–Trinajstić information content (AvgIpc) is 2.53. The van der Waals surface area contributed by atoms with Crippen LogP contribution in [0.3, 0.4) is 0 Å². The first kappa shape index (κ1) is 17.0. The number of nitrogens with one attached hydrogen (secondary N) is 2. The van der Waals surface area contributed by atoms with Gasteiger partial charge in [0.25, 0.3) is 5.91 Å². The number of amides is 1. The second kappa shape index (κ2) is 7.29. The second-order valence-electron chi connectivity index (χ2n) is 4.52. The van der Waals surface area contributed by atoms with Crippen molar-refractivity contribution in [2.75, 3.05) is 11.9 Å². The molecule has 7 heteroatoms. The van der Waals surface area contributed by atoms with Crippen LogP contribution in [-0.4, -0.2) is 20.9 Å². The smallest absolute Gasteiger partial charge is 0.255 e. The molecule has 0 fully saturated rings. The molecule has 0 aliphatic rings. The summed E-state index contributed by atoms with van der Waals surface area (Å²) in [6, 6.07) is 12.3. The van der Waals surface area contributed by atoms with E-state index >= 15 is 0 Å². The van der Waals surface area contributed by atoms with Crippen LogP contribution in [0.1, 0.15) is 10.4 Å². The minimum Gasteiger partial charge on any atom is -0.322 e. The van der Waals surface area contributed by atoms with Gasteiger partial charge in [-0.25, -0.2) is 8.42 Å². The number of hydrogen-bond acceptors (Lipinski definition) is 3. The average molecular weight is 349 g/mol. The lowest BCUT2D eigenvalue weighted by atomic mass is 10.2. The Labute approximate surface area is 139 Å². The SMILES string of the molecule is C#CCNS(=O)(=O)c1cccc(C(=O)Nc2cccc(Cl)c2)c1. The van der Waals surface area contributed by atoms with Crippen LogP contribution in [0.15, 0.2) is 53.4 Å². The summed E-state index contributed by atoms with van der Waals surface area (Å²) < 4.78 is 26.3. The molecule has 2 aromatic rings. The maximum Gasteiger partial charge on any atom is 0.255 e. The second-order valence-corrected chi connectivity index (χ2v) is 6.72. The Balaban J connectivity index is 2.22. The first-order valence-corrected chi connectivity index (χ1v) is 8.38. The van der Waals surface area contributed by atoms with Crippen LogP contribution in [0.2, 0.25) is 5.02 Å². The summed E-state index contributed by atoms with van der Waals surface area (Å²) >= 11 is 5.85. The van der Waals surface area contributed by atoms with Gasteiger partial charge in [-0.3, -0.25) is 4.79 Å². The van der Waals surface area contributed by atoms with E-state index in [9.17, 15) is 13.2 Å². The summed E-state index contributed by atoms with van der Waals surface area (Å²) in [5, 5.41) is 3.13. The van der Waals surface area contributed by atoms with Gasteiger partial charge in [0.05, 0.1) is 11.4 Å². The third-order valence-electron chi connectivity index (χ3n) is 2.85. The fourth-order valence-electron chi connectivity index (χ4n) is 1.79. The highest BCUT2D eigenvalue weighted by Crippen LogP contribution is 2.17. The van der Waals surface area contributed by atoms with Gasteiger partial charge in [-0.05, 0) is 36.4 Å². The molecule has 118 valence electrons. The summed E-state index contributed by atoms with van der Waals surface area (Å²) in [5.41, 5.74) is 0.717. The lowest BCUT2D eigenvalue weighted by Gasteiger charge is -2.08. The molecule has 1 amide bonds. The Morgan fingerprint density at radius 2 is 1.91 bits per heavy atom. The molecule has 0 aromatic heterocycles. The van der Waals surface area contributed by atoms with E-state index in [0.717, 1.165) is 0 Å². The van der Waals surface area contributed by atoms with Crippen molar-refractivity contribution in [2.45, 2.75) is 4.90 Å². The van der Waals surface area contributed by atoms with Crippen molar-refractivity contribution in [3.8, 4) is 12.3 Å². The number of rotatable bonds is 5. The first-order valence-electron chi connectivity index (χ1n) is 6.52. The summed E-state index contributed by atoms with van der Waals surface area (Å²) in [6.07, 6.45) is 5.04. The quantitative estimate of drug-likeness (QED) is 0.815. The molecule has 5 nitrogen and oxygen atoms in total. The third-order valence-corrected chi connectivity index (χ3v) is 4.49. The summed E-state index contributed by atoms with van der Waals surface area (Å²) in [5.74, 6) is 1.74. The summed E-state index contributed by atoms with van der Waals surface area (Å²) in [7, 11) is -3.75. The zero-order valence-corrected chi connectivity index (χ0v) is 13.5. The van der Waals surface area contributed by atoms with Crippen LogP contribution in [0, 0.1) is 12.3 Å². The Kier molecular flexibility index (Phi) is 5.40. The Bertz CT molecular complexity index is 873. The number of halogens is 1. The highest BCUT2D eigenvalue weighted by Gasteiger charge is 2.15. The van der Waals surface area contributed by atoms with Gasteiger partial charge in [-0.1, -0.05) is 29.7 Å². The highest BCUT2D eigenvalue weighted by molar-refractivity contribution is 7.89. The van der Waals surface area contributed by atoms with Crippen LogP contribution in [-0.2, 0) is 10.0 Å². The fraction of sp³-hybridized carbons (Fsp3) is 0.0625. The number of anilines is 1. The molecule has 0 spiro atoms. The Morgan fingerprint density at radius 1 is 1.17 bits per heavy atom. The van der Waals surface area contributed by atoms with Crippen LogP contribution in [0.25, 0.3) is 0 Å². The molecule has 0 bridgehead atoms. The van der Waals surface area contributed by atoms with Crippen molar-refractivity contribution in [1.29, 1.82) is 0 Å². The molecule has 0 heterocycles. The van der Waals surface area contributed by atoms with Gasteiger partial charge in [-0.2, -0.15) is 4.72 Å². The molecule has 0 atom stereocenters. The van der Waals surface area contributed by atoms with Crippen LogP contribution in [0.4, 0.5) is 5.69 Å². The molecule has 0 aliphatic heterocycles. The standard InChI is InChI=1S/C16H13ClN2O3S/c1-2-9-18-23(21,22)15-8-3-5-12(10-15)16(20)19-14-7-4-6-13(17)11-14/h1,3-8,10-11,18H,9H2,(H,19,20). The molecule has 2 N–H and O–H groups in total. The molecule has 2 aromatic carbocycles. The number of carbonyl (C=O) groups is 1. The van der Waals surface area contributed by atoms with Crippen LogP contribution < -0.4 is 10.0 Å². The Morgan fingerprint density at radius 3 is 2.61 bits per heavy atom. The topological polar surface area (TPSA) is 75.3 Å². The third kappa shape index (κ3) is 4.57. The molecule has 0 aliphatic carbocycles. The van der Waals surface area contributed by atoms with E-state index in [4.69, 9.17) is 18.0 Å². The summed E-state index contributed by atoms with van der Waals surface area (Å²) in [6.45, 7) is -0.124. The van der Waals surface area contributed by atoms with Crippen molar-refractivity contribution in [1.82, 2.24) is 4.72 Å². The van der Waals surface area contributed by atoms with E-state index in [2.05, 4.69) is 16.0 Å². The van der Waals surface area contributed by atoms with Gasteiger partial charge in [-0.15, -0.1) is 6.42 Å². The lowest BCUT2D eigenvalue weighted by molar-refractivity contribution is 0.102. The van der Waals surface area contributed by atoms with Gasteiger partial charge in [0.15, 0.2) is 0 Å². The summed E-state index contributed by atoms with van der Waals surface area (Å²) in [4.78, 5) is 12.2. The molecular weight excluding hydrogens is 336 g/mol. The zero-order chi connectivity index (χ0) is 16.9. The van der Waals surface area contributed by atoms with Crippen molar-refractivity contribution in [3.63, 3.8) is 0 Å². The van der Waals surface area contributed by atoms with E-state index in [1.807, 2.05) is 0 Å². The predicted octanol–water partition coefficient (Wildman–Crippen LogP) is 2.50. The van der Waals surface area contributed by atoms with Crippen LogP contribution in [0.5, 0.6) is 0 Å². The van der Waals surface area contributed by atoms with Gasteiger partial charge in [0.1, 0.15) is 0 Å². The van der Waals surface area contributed by atoms with Gasteiger partial charge in [0.2, 0.25) is 10.0 Å². The predicted molar refractivity (Wildman–Crippen MR) is 89.9 cm³/mol. The van der Waals surface area contributed by atoms with Gasteiger partial charge < -0.3 is 5.32 Å². The number of benzene rings is 2. The molecular formula is C16H13ClN2O3S. The number of sulfonamides is 1. The maximum absolute atomic E-state index is 12.2. The van der Waals surface area contributed by atoms with Crippen LogP contribution >= 0.6 is 11.6 Å². The van der Waals surface area contributed by atoms with E-state index in [-0.39, 0.29) is 17.0 Å². The minimum atomic E-state index is -3.75. The molecule has 0 unspecified atom stereocenters. The van der Waals surface area contributed by atoms with E-state index in [0.29, 0.717) is 10.7 Å². The van der Waals surface area contributed by atoms with E-state index < -0.39 is 15.9 Å². The maximum atomic E-state index is 12.2. The van der Waals surface area contributed by atoms with Crippen molar-refractivity contribution in [3.05, 3.63) is 59.1 Å². The molecule has 23 heavy (non-hydrogen) atoms. The Hall–Kier alpha value is -2.33. The number of carbonyl (C=O) groups excluding carboxylic acids is 1.